The highest BCUT2D eigenvalue weighted by molar-refractivity contribution is 5.79. The molecule has 2 heterocycles. The van der Waals surface area contributed by atoms with Gasteiger partial charge in [0.15, 0.2) is 5.96 Å². The second-order valence-corrected chi connectivity index (χ2v) is 6.57. The molecule has 144 valence electrons. The molecule has 3 rings (SSSR count). The Morgan fingerprint density at radius 1 is 1.33 bits per heavy atom. The molecule has 1 saturated heterocycles. The predicted molar refractivity (Wildman–Crippen MR) is 102 cm³/mol. The lowest BCUT2D eigenvalue weighted by molar-refractivity contribution is 0.181. The van der Waals surface area contributed by atoms with Crippen LogP contribution < -0.4 is 10.1 Å². The first-order valence-corrected chi connectivity index (χ1v) is 9.02. The number of nitrogens with zero attached hydrogens (tertiary/aromatic N) is 3. The Labute approximate surface area is 159 Å². The molecule has 0 radical (unpaired) electrons. The minimum atomic E-state index is -0.296. The molecule has 7 heteroatoms. The van der Waals surface area contributed by atoms with Crippen molar-refractivity contribution >= 4 is 5.96 Å². The van der Waals surface area contributed by atoms with Gasteiger partial charge in [0, 0.05) is 52.0 Å². The van der Waals surface area contributed by atoms with Crippen molar-refractivity contribution in [2.24, 2.45) is 10.9 Å². The summed E-state index contributed by atoms with van der Waals surface area (Å²) < 4.78 is 24.0. The Hall–Kier alpha value is -2.67. The van der Waals surface area contributed by atoms with Crippen LogP contribution in [0.1, 0.15) is 12.0 Å². The Bertz CT molecular complexity index is 744. The summed E-state index contributed by atoms with van der Waals surface area (Å²) in [6.07, 6.45) is 2.85. The minimum absolute atomic E-state index is 0.296. The number of aromatic nitrogens is 1. The molecule has 0 aliphatic carbocycles. The molecule has 1 unspecified atom stereocenters. The molecule has 1 aliphatic rings. The van der Waals surface area contributed by atoms with Gasteiger partial charge in [0.2, 0.25) is 5.88 Å². The number of benzene rings is 1. The van der Waals surface area contributed by atoms with Crippen molar-refractivity contribution < 1.29 is 13.9 Å². The van der Waals surface area contributed by atoms with Gasteiger partial charge in [0.05, 0.1) is 6.61 Å². The molecular weight excluding hydrogens is 347 g/mol. The number of nitrogens with one attached hydrogen (secondary N) is 1. The van der Waals surface area contributed by atoms with E-state index in [0.29, 0.717) is 24.1 Å². The van der Waals surface area contributed by atoms with E-state index in [0.717, 1.165) is 37.7 Å². The van der Waals surface area contributed by atoms with Gasteiger partial charge in [-0.2, -0.15) is 0 Å². The predicted octanol–water partition coefficient (Wildman–Crippen LogP) is 3.06. The van der Waals surface area contributed by atoms with Crippen LogP contribution >= 0.6 is 0 Å². The summed E-state index contributed by atoms with van der Waals surface area (Å²) in [5.74, 6) is 2.11. The fraction of sp³-hybridized carbons (Fsp3) is 0.400. The van der Waals surface area contributed by atoms with E-state index in [9.17, 15) is 4.39 Å². The number of hydrogen-bond donors (Lipinski definition) is 1. The van der Waals surface area contributed by atoms with E-state index in [4.69, 9.17) is 9.47 Å². The van der Waals surface area contributed by atoms with Crippen LogP contribution in [0.2, 0.25) is 0 Å². The third kappa shape index (κ3) is 5.65. The quantitative estimate of drug-likeness (QED) is 0.624. The van der Waals surface area contributed by atoms with Crippen LogP contribution in [0.15, 0.2) is 47.6 Å². The number of hydrogen-bond acceptors (Lipinski definition) is 4. The number of ether oxygens (including phenoxy) is 2. The van der Waals surface area contributed by atoms with Gasteiger partial charge >= 0.3 is 0 Å². The van der Waals surface area contributed by atoms with Gasteiger partial charge in [-0.15, -0.1) is 0 Å². The molecule has 0 saturated carbocycles. The largest absolute Gasteiger partial charge is 0.439 e. The molecule has 1 N–H and O–H groups in total. The summed E-state index contributed by atoms with van der Waals surface area (Å²) >= 11 is 0. The molecule has 0 spiro atoms. The molecule has 1 aliphatic heterocycles. The zero-order valence-electron chi connectivity index (χ0n) is 15.7. The normalized spacial score (nSPS) is 17.0. The van der Waals surface area contributed by atoms with Gasteiger partial charge in [-0.3, -0.25) is 4.99 Å². The molecule has 0 bridgehead atoms. The van der Waals surface area contributed by atoms with Crippen LogP contribution in [0.25, 0.3) is 0 Å². The summed E-state index contributed by atoms with van der Waals surface area (Å²) in [6.45, 7) is 3.20. The van der Waals surface area contributed by atoms with Gasteiger partial charge in [-0.05, 0) is 36.2 Å². The van der Waals surface area contributed by atoms with E-state index in [2.05, 4.69) is 20.2 Å². The SMILES string of the molecule is CN=C(NCc1ccc(Oc2ccc(F)cc2)nc1)N(C)CC1CCOC1. The van der Waals surface area contributed by atoms with E-state index in [-0.39, 0.29) is 5.82 Å². The molecule has 1 aromatic heterocycles. The van der Waals surface area contributed by atoms with Crippen LogP contribution in [0.5, 0.6) is 11.6 Å². The summed E-state index contributed by atoms with van der Waals surface area (Å²) in [5.41, 5.74) is 1.01. The molecule has 27 heavy (non-hydrogen) atoms. The molecule has 6 nitrogen and oxygen atoms in total. The van der Waals surface area contributed by atoms with E-state index in [1.165, 1.54) is 12.1 Å². The summed E-state index contributed by atoms with van der Waals surface area (Å²) in [4.78, 5) is 10.8. The van der Waals surface area contributed by atoms with Gasteiger partial charge in [0.25, 0.3) is 0 Å². The maximum absolute atomic E-state index is 12.9. The average molecular weight is 372 g/mol. The third-order valence-corrected chi connectivity index (χ3v) is 4.41. The van der Waals surface area contributed by atoms with Crippen molar-refractivity contribution in [2.45, 2.75) is 13.0 Å². The van der Waals surface area contributed by atoms with Crippen molar-refractivity contribution in [3.05, 3.63) is 54.0 Å². The lowest BCUT2D eigenvalue weighted by atomic mass is 10.1. The van der Waals surface area contributed by atoms with Gasteiger partial charge in [-0.25, -0.2) is 9.37 Å². The van der Waals surface area contributed by atoms with Crippen molar-refractivity contribution in [2.75, 3.05) is 33.9 Å². The summed E-state index contributed by atoms with van der Waals surface area (Å²) in [6, 6.07) is 9.59. The van der Waals surface area contributed by atoms with Gasteiger partial charge in [0.1, 0.15) is 11.6 Å². The Kier molecular flexibility index (Phi) is 6.59. The Balaban J connectivity index is 1.50. The number of rotatable bonds is 6. The van der Waals surface area contributed by atoms with E-state index >= 15 is 0 Å². The van der Waals surface area contributed by atoms with Crippen LogP contribution in [-0.4, -0.2) is 49.7 Å². The molecule has 1 atom stereocenters. The van der Waals surface area contributed by atoms with Crippen molar-refractivity contribution in [3.63, 3.8) is 0 Å². The van der Waals surface area contributed by atoms with Gasteiger partial charge in [-0.1, -0.05) is 6.07 Å². The van der Waals surface area contributed by atoms with Crippen molar-refractivity contribution in [3.8, 4) is 11.6 Å². The highest BCUT2D eigenvalue weighted by atomic mass is 19.1. The van der Waals surface area contributed by atoms with E-state index in [1.54, 1.807) is 31.4 Å². The van der Waals surface area contributed by atoms with Crippen LogP contribution in [-0.2, 0) is 11.3 Å². The highest BCUT2D eigenvalue weighted by Crippen LogP contribution is 2.19. The summed E-state index contributed by atoms with van der Waals surface area (Å²) in [5, 5.41) is 3.35. The maximum atomic E-state index is 12.9. The molecule has 2 aromatic rings. The number of halogens is 1. The smallest absolute Gasteiger partial charge is 0.219 e. The zero-order chi connectivity index (χ0) is 19.1. The molecular formula is C20H25FN4O2. The van der Waals surface area contributed by atoms with Crippen molar-refractivity contribution in [1.29, 1.82) is 0 Å². The lowest BCUT2D eigenvalue weighted by Crippen LogP contribution is -2.41. The average Bonchev–Trinajstić information content (AvgIpc) is 3.18. The molecule has 1 aromatic carbocycles. The lowest BCUT2D eigenvalue weighted by Gasteiger charge is -2.24. The fourth-order valence-electron chi connectivity index (χ4n) is 2.97. The summed E-state index contributed by atoms with van der Waals surface area (Å²) in [7, 11) is 3.81. The van der Waals surface area contributed by atoms with Crippen LogP contribution in [0.4, 0.5) is 4.39 Å². The standard InChI is InChI=1S/C20H25FN4O2/c1-22-20(25(2)13-16-9-10-26-14-16)24-12-15-3-8-19(23-11-15)27-18-6-4-17(21)5-7-18/h3-8,11,16H,9-10,12-14H2,1-2H3,(H,22,24). The fourth-order valence-corrected chi connectivity index (χ4v) is 2.97. The van der Waals surface area contributed by atoms with E-state index in [1.807, 2.05) is 13.1 Å². The second-order valence-electron chi connectivity index (χ2n) is 6.57. The molecule has 1 fully saturated rings. The monoisotopic (exact) mass is 372 g/mol. The first-order valence-electron chi connectivity index (χ1n) is 9.02. The Morgan fingerprint density at radius 2 is 2.15 bits per heavy atom. The van der Waals surface area contributed by atoms with Crippen LogP contribution in [0, 0.1) is 11.7 Å². The number of guanidine groups is 1. The first-order chi connectivity index (χ1) is 13.1. The van der Waals surface area contributed by atoms with Crippen molar-refractivity contribution in [1.82, 2.24) is 15.2 Å². The van der Waals surface area contributed by atoms with E-state index < -0.39 is 0 Å². The first kappa shape index (κ1) is 19.1. The number of pyridine rings is 1. The van der Waals surface area contributed by atoms with Crippen LogP contribution in [0.3, 0.4) is 0 Å². The minimum Gasteiger partial charge on any atom is -0.439 e. The highest BCUT2D eigenvalue weighted by Gasteiger charge is 2.19. The zero-order valence-corrected chi connectivity index (χ0v) is 15.7. The Morgan fingerprint density at radius 3 is 2.78 bits per heavy atom. The topological polar surface area (TPSA) is 59.0 Å². The van der Waals surface area contributed by atoms with Gasteiger partial charge < -0.3 is 19.7 Å². The molecule has 0 amide bonds. The second kappa shape index (κ2) is 9.32. The maximum Gasteiger partial charge on any atom is 0.219 e. The third-order valence-electron chi connectivity index (χ3n) is 4.41. The number of aliphatic imine (C=N–C) groups is 1.